The Morgan fingerprint density at radius 1 is 1.50 bits per heavy atom. The first-order valence-corrected chi connectivity index (χ1v) is 5.31. The Morgan fingerprint density at radius 3 is 2.50 bits per heavy atom. The summed E-state index contributed by atoms with van der Waals surface area (Å²) >= 11 is 0. The molecule has 7 heteroatoms. The van der Waals surface area contributed by atoms with E-state index in [4.69, 9.17) is 0 Å². The Balaban J connectivity index is 3.41. The molecule has 5 nitrogen and oxygen atoms in total. The Morgan fingerprint density at radius 2 is 2.10 bits per heavy atom. The number of ether oxygens (including phenoxy) is 1. The predicted octanol–water partition coefficient (Wildman–Crippen LogP) is 0.749. The minimum atomic E-state index is -3.01. The highest BCUT2D eigenvalue weighted by Gasteiger charge is 2.04. The fourth-order valence-corrected chi connectivity index (χ4v) is 0.825. The smallest absolute Gasteiger partial charge is 0.354 e. The van der Waals surface area contributed by atoms with Crippen LogP contribution >= 0.6 is 6.88 Å². The van der Waals surface area contributed by atoms with Crippen LogP contribution in [0.5, 0.6) is 0 Å². The monoisotopic (exact) mass is 186 g/mol. The highest BCUT2D eigenvalue weighted by atomic mass is 32.7. The van der Waals surface area contributed by atoms with Gasteiger partial charge in [-0.15, -0.1) is 0 Å². The van der Waals surface area contributed by atoms with E-state index in [0.717, 1.165) is 0 Å². The summed E-state index contributed by atoms with van der Waals surface area (Å²) in [6.07, 6.45) is 0. The summed E-state index contributed by atoms with van der Waals surface area (Å²) in [6.45, 7) is -1.16. The lowest BCUT2D eigenvalue weighted by Gasteiger charge is -1.95. The van der Waals surface area contributed by atoms with Crippen LogP contribution in [0.4, 0.5) is 0 Å². The van der Waals surface area contributed by atoms with E-state index in [-0.39, 0.29) is 6.79 Å². The van der Waals surface area contributed by atoms with Crippen molar-refractivity contribution in [1.29, 1.82) is 0 Å². The molecule has 0 bridgehead atoms. The van der Waals surface area contributed by atoms with Crippen LogP contribution in [0.1, 0.15) is 6.92 Å². The molecule has 0 aliphatic rings. The molecule has 1 atom stereocenters. The van der Waals surface area contributed by atoms with Crippen molar-refractivity contribution >= 4 is 17.6 Å². The molecule has 0 rings (SSSR count). The minimum Gasteiger partial charge on any atom is -0.354 e. The van der Waals surface area contributed by atoms with E-state index in [1.165, 1.54) is 0 Å². The second kappa shape index (κ2) is 5.73. The topological polar surface area (TPSA) is 69.7 Å². The summed E-state index contributed by atoms with van der Waals surface area (Å²) in [4.78, 5) is 0. The van der Waals surface area contributed by atoms with E-state index in [1.807, 2.05) is 0 Å². The Hall–Kier alpha value is -0.0300. The lowest BCUT2D eigenvalue weighted by atomic mass is 10.9. The molecule has 0 fully saturated rings. The largest absolute Gasteiger partial charge is 0.436 e. The fourth-order valence-electron chi connectivity index (χ4n) is 0.202. The van der Waals surface area contributed by atoms with E-state index < -0.39 is 17.6 Å². The maximum atomic E-state index is 10.2. The highest BCUT2D eigenvalue weighted by Crippen LogP contribution is 2.11. The van der Waals surface area contributed by atoms with Crippen molar-refractivity contribution in [3.63, 3.8) is 0 Å². The first-order chi connectivity index (χ1) is 4.68. The van der Waals surface area contributed by atoms with Crippen LogP contribution in [0, 0.1) is 0 Å². The van der Waals surface area contributed by atoms with Gasteiger partial charge >= 0.3 is 6.88 Å². The van der Waals surface area contributed by atoms with Gasteiger partial charge in [-0.1, -0.05) is 0 Å². The summed E-state index contributed by atoms with van der Waals surface area (Å²) in [5.41, 5.74) is 0. The number of hydrogen-bond acceptors (Lipinski definition) is 5. The predicted molar refractivity (Wildman–Crippen MR) is 34.0 cm³/mol. The molecule has 0 aromatic rings. The molecule has 0 aromatic heterocycles. The summed E-state index contributed by atoms with van der Waals surface area (Å²) in [5.74, 6) is 0. The zero-order chi connectivity index (χ0) is 7.98. The second-order valence-corrected chi connectivity index (χ2v) is 4.08. The molecule has 10 heavy (non-hydrogen) atoms. The van der Waals surface area contributed by atoms with Crippen LogP contribution in [0.15, 0.2) is 0 Å². The molecular formula is C3H7O5PS. The van der Waals surface area contributed by atoms with E-state index >= 15 is 0 Å². The molecule has 0 aliphatic carbocycles. The lowest BCUT2D eigenvalue weighted by Crippen LogP contribution is -1.98. The third-order valence-electron chi connectivity index (χ3n) is 0.558. The lowest BCUT2D eigenvalue weighted by molar-refractivity contribution is 0.0326. The van der Waals surface area contributed by atoms with Gasteiger partial charge in [-0.3, -0.25) is 4.18 Å². The van der Waals surface area contributed by atoms with Gasteiger partial charge in [0.25, 0.3) is 10.7 Å². The van der Waals surface area contributed by atoms with Crippen LogP contribution in [0.25, 0.3) is 0 Å². The molecule has 0 saturated carbocycles. The van der Waals surface area contributed by atoms with Crippen LogP contribution in [0.2, 0.25) is 0 Å². The summed E-state index contributed by atoms with van der Waals surface area (Å²) < 4.78 is 38.7. The molecule has 0 aromatic carbocycles. The number of hydrogen-bond donors (Lipinski definition) is 0. The van der Waals surface area contributed by atoms with E-state index in [0.29, 0.717) is 6.61 Å². The molecular weight excluding hydrogens is 179 g/mol. The molecule has 0 saturated heterocycles. The van der Waals surface area contributed by atoms with Crippen molar-refractivity contribution in [3.8, 4) is 0 Å². The summed E-state index contributed by atoms with van der Waals surface area (Å²) in [7, 11) is -2.24. The van der Waals surface area contributed by atoms with Gasteiger partial charge in [0.15, 0.2) is 6.79 Å². The van der Waals surface area contributed by atoms with E-state index in [1.54, 1.807) is 6.92 Å². The highest BCUT2D eigenvalue weighted by molar-refractivity contribution is 8.35. The van der Waals surface area contributed by atoms with E-state index in [9.17, 15) is 13.3 Å². The van der Waals surface area contributed by atoms with Crippen molar-refractivity contribution in [2.75, 3.05) is 13.4 Å². The van der Waals surface area contributed by atoms with Crippen molar-refractivity contribution in [3.05, 3.63) is 0 Å². The molecule has 60 valence electrons. The van der Waals surface area contributed by atoms with Gasteiger partial charge in [-0.25, -0.2) is 13.3 Å². The van der Waals surface area contributed by atoms with Gasteiger partial charge in [0.1, 0.15) is 0 Å². The maximum absolute atomic E-state index is 10.2. The van der Waals surface area contributed by atoms with Gasteiger partial charge in [0, 0.05) is 6.61 Å². The van der Waals surface area contributed by atoms with Crippen LogP contribution < -0.4 is 0 Å². The average Bonchev–Trinajstić information content (AvgIpc) is 1.88. The first-order valence-electron chi connectivity index (χ1n) is 2.45. The fraction of sp³-hybridized carbons (Fsp3) is 1.00. The molecule has 0 radical (unpaired) electrons. The second-order valence-electron chi connectivity index (χ2n) is 1.17. The molecule has 0 amide bonds. The van der Waals surface area contributed by atoms with Gasteiger partial charge in [0.2, 0.25) is 0 Å². The number of rotatable bonds is 5. The van der Waals surface area contributed by atoms with Crippen LogP contribution in [-0.2, 0) is 28.8 Å². The Labute approximate surface area is 60.9 Å². The standard InChI is InChI=1S/C3H7O5PS/c1-2-7-3-8-10(6)9(4)5/h2-3H2,1H3. The summed E-state index contributed by atoms with van der Waals surface area (Å²) in [5, 5.41) is 0. The van der Waals surface area contributed by atoms with Crippen molar-refractivity contribution < 1.29 is 22.3 Å². The average molecular weight is 186 g/mol. The van der Waals surface area contributed by atoms with Gasteiger partial charge < -0.3 is 4.74 Å². The SMILES string of the molecule is CCOCOS(=O)P(=O)=O. The minimum absolute atomic E-state index is 0.258. The summed E-state index contributed by atoms with van der Waals surface area (Å²) in [6, 6.07) is 0. The van der Waals surface area contributed by atoms with Gasteiger partial charge in [-0.2, -0.15) is 0 Å². The van der Waals surface area contributed by atoms with Gasteiger partial charge in [0.05, 0.1) is 0 Å². The molecule has 0 spiro atoms. The van der Waals surface area contributed by atoms with Crippen molar-refractivity contribution in [1.82, 2.24) is 0 Å². The van der Waals surface area contributed by atoms with Crippen LogP contribution in [0.3, 0.4) is 0 Å². The molecule has 0 N–H and O–H groups in total. The normalized spacial score (nSPS) is 12.9. The van der Waals surface area contributed by atoms with Crippen LogP contribution in [-0.4, -0.2) is 17.6 Å². The third-order valence-corrected chi connectivity index (χ3v) is 2.15. The zero-order valence-electron chi connectivity index (χ0n) is 5.31. The molecule has 0 heterocycles. The van der Waals surface area contributed by atoms with Gasteiger partial charge in [-0.05, 0) is 6.92 Å². The molecule has 1 unspecified atom stereocenters. The van der Waals surface area contributed by atoms with Crippen molar-refractivity contribution in [2.45, 2.75) is 6.92 Å². The van der Waals surface area contributed by atoms with E-state index in [2.05, 4.69) is 8.92 Å². The zero-order valence-corrected chi connectivity index (χ0v) is 7.02. The first kappa shape index (κ1) is 9.97. The third kappa shape index (κ3) is 4.81. The molecule has 0 aliphatic heterocycles. The Bertz CT molecular complexity index is 168. The Kier molecular flexibility index (Phi) is 5.71. The maximum Gasteiger partial charge on any atom is 0.436 e. The quantitative estimate of drug-likeness (QED) is 0.360. The van der Waals surface area contributed by atoms with Crippen molar-refractivity contribution in [2.24, 2.45) is 0 Å².